The Morgan fingerprint density at radius 3 is 1.42 bits per heavy atom. The zero-order valence-corrected chi connectivity index (χ0v) is 48.9. The van der Waals surface area contributed by atoms with Gasteiger partial charge in [0.1, 0.15) is 6.10 Å². The first-order valence-corrected chi connectivity index (χ1v) is 30.3. The van der Waals surface area contributed by atoms with Crippen LogP contribution in [0.4, 0.5) is 0 Å². The van der Waals surface area contributed by atoms with Gasteiger partial charge in [-0.1, -0.05) is 102 Å². The molecule has 20 atom stereocenters. The van der Waals surface area contributed by atoms with Gasteiger partial charge in [-0.3, -0.25) is 0 Å². The Hall–Kier alpha value is -0.848. The molecular weight excluding hydrogens is 910 g/mol. The van der Waals surface area contributed by atoms with Crippen molar-refractivity contribution in [1.82, 2.24) is 0 Å². The summed E-state index contributed by atoms with van der Waals surface area (Å²) in [6, 6.07) is 9.45. The van der Waals surface area contributed by atoms with Crippen LogP contribution in [0.15, 0.2) is 30.3 Å². The molecule has 7 nitrogen and oxygen atoms in total. The third kappa shape index (κ3) is 14.2. The van der Waals surface area contributed by atoms with Crippen molar-refractivity contribution in [3.63, 3.8) is 0 Å². The molecule has 74 heavy (non-hydrogen) atoms. The Morgan fingerprint density at radius 2 is 1.01 bits per heavy atom. The average Bonchev–Trinajstić information content (AvgIpc) is 3.91. The molecule has 6 N–H and O–H groups in total. The summed E-state index contributed by atoms with van der Waals surface area (Å²) in [6.07, 6.45) is 29.7. The number of carbonyl (C=O) groups excluding carboxylic acids is 1. The molecule has 8 aliphatic rings. The first-order chi connectivity index (χ1) is 33.3. The predicted octanol–water partition coefficient (Wildman–Crippen LogP) is 12.4. The first kappa shape index (κ1) is 67.4. The molecule has 0 spiro atoms. The molecule has 0 aliphatic heterocycles. The number of carbonyl (C=O) groups is 1. The van der Waals surface area contributed by atoms with E-state index in [1.165, 1.54) is 103 Å². The molecule has 8 aliphatic carbocycles. The number of hydrogen-bond donors (Lipinski definition) is 3. The number of benzene rings is 1. The Morgan fingerprint density at radius 1 is 0.595 bits per heavy atom. The minimum absolute atomic E-state index is 0. The monoisotopic (exact) mass is 1020 g/mol. The number of aliphatic hydroxyl groups is 3. The quantitative estimate of drug-likeness (QED) is 0.125. The van der Waals surface area contributed by atoms with Gasteiger partial charge in [0, 0.05) is 0 Å². The van der Waals surface area contributed by atoms with E-state index in [9.17, 15) is 20.1 Å². The maximum absolute atomic E-state index is 12.8. The summed E-state index contributed by atoms with van der Waals surface area (Å²) in [6.45, 7) is 24.8. The van der Waals surface area contributed by atoms with Crippen molar-refractivity contribution in [2.75, 3.05) is 0 Å². The molecule has 0 unspecified atom stereocenters. The largest absolute Gasteiger partial charge is 1.00 e. The summed E-state index contributed by atoms with van der Waals surface area (Å²) >= 11 is 0. The molecule has 1 aromatic rings. The number of esters is 1. The number of rotatable bonds is 14. The maximum atomic E-state index is 12.8. The second-order valence-corrected chi connectivity index (χ2v) is 27.4. The third-order valence-corrected chi connectivity index (χ3v) is 23.6. The van der Waals surface area contributed by atoms with E-state index >= 15 is 0 Å². The van der Waals surface area contributed by atoms with Gasteiger partial charge < -0.3 is 31.0 Å². The van der Waals surface area contributed by atoms with Crippen LogP contribution in [0.25, 0.3) is 0 Å². The first-order valence-electron chi connectivity index (χ1n) is 30.3. The fraction of sp³-hybridized carbons (Fsp3) is 0.892. The summed E-state index contributed by atoms with van der Waals surface area (Å²) in [5.74, 6) is 12.5. The van der Waals surface area contributed by atoms with E-state index < -0.39 is 0 Å². The Labute approximate surface area is 468 Å². The van der Waals surface area contributed by atoms with E-state index in [0.29, 0.717) is 34.1 Å². The predicted molar refractivity (Wildman–Crippen MR) is 304 cm³/mol. The van der Waals surface area contributed by atoms with E-state index in [2.05, 4.69) is 77.1 Å². The molecule has 0 saturated heterocycles. The van der Waals surface area contributed by atoms with Gasteiger partial charge >= 0.3 is 24.8 Å². The second kappa shape index (κ2) is 28.5. The molecule has 2 radical (unpaired) electrons. The minimum Gasteiger partial charge on any atom is -0.870 e. The second-order valence-electron chi connectivity index (χ2n) is 27.4. The van der Waals surface area contributed by atoms with Crippen LogP contribution in [0.2, 0.25) is 6.82 Å². The van der Waals surface area contributed by atoms with Crippen molar-refractivity contribution >= 4 is 13.8 Å². The van der Waals surface area contributed by atoms with E-state index in [4.69, 9.17) is 4.74 Å². The van der Waals surface area contributed by atoms with Gasteiger partial charge in [-0.05, 0) is 272 Å². The topological polar surface area (TPSA) is 148 Å². The van der Waals surface area contributed by atoms with Crippen LogP contribution >= 0.6 is 0 Å². The molecule has 0 heterocycles. The molecule has 1 aromatic carbocycles. The van der Waals surface area contributed by atoms with Crippen LogP contribution < -0.4 is 18.9 Å². The molecule has 9 heteroatoms. The minimum atomic E-state index is -0.381. The van der Waals surface area contributed by atoms with Gasteiger partial charge in [0.2, 0.25) is 0 Å². The summed E-state index contributed by atoms with van der Waals surface area (Å²) in [7, 11) is 4.50. The van der Waals surface area contributed by atoms with Gasteiger partial charge in [0.25, 0.3) is 0 Å². The number of aliphatic hydroxyl groups excluding tert-OH is 1. The van der Waals surface area contributed by atoms with Crippen molar-refractivity contribution in [2.24, 2.45) is 106 Å². The summed E-state index contributed by atoms with van der Waals surface area (Å²) in [5.41, 5.74) is 0.927. The Balaban J connectivity index is 0.000000367. The van der Waals surface area contributed by atoms with Crippen LogP contribution in [-0.4, -0.2) is 63.5 Å². The Kier molecular flexibility index (Phi) is 26.0. The standard InChI is InChI=1S/C35H54O3.C28H50O2.CH3B.CH4.Li.2H2O/c1-6-35(37)21-19-27-26(22-35)13-14-29-28(27)18-20-34(5)30(15-16-31(29)34)24(4)12-17-32(23(2)3)38-33(36)25-10-8-7-9-11-25;1-6-28(30)16-14-21-20(17-28)8-9-23-22(21)13-15-27(5)24(10-11-25(23)27)19(4)7-12-26(29)18(2)3;1-2;;;;/h7-11,23-24,26-32,37H,6,12-22H2,1-5H3;18-26,29-30H,6-17H2,1-5H3;1H3;1H4;;2*1H2/q;;;;+1;;/p-1/t24-,26+,27+,28-,29-,30-,31+,32-,34-,35+;19-,20+,21+,22-,23-,24-,25+,26-,27-,28+;;;;;/m11...../s1. The Bertz CT molecular complexity index is 1800. The van der Waals surface area contributed by atoms with Gasteiger partial charge in [0.05, 0.1) is 30.7 Å². The molecular formula is C65H114BLiO7. The number of ether oxygens (including phenoxy) is 1. The SMILES string of the molecule is C.CC[C@]1(O)CC[C@H]2[C@@H](CC[C@@H]3[C@@H]2CC[C@]2(C)[C@@H]([C@H](C)CC[C@@H](O)C(C)C)CC[C@@H]32)C1.CC[C@]1(O)CC[C@H]2[C@@H](CC[C@@H]3[C@@H]2CC[C@]2(C)[C@@H]([C@H](C)CC[C@@H](OC(=O)c4ccccc4)C(C)C)CC[C@@H]32)C1.O.[B]C.[Li+].[OH-]. The zero-order chi connectivity index (χ0) is 50.8. The molecule has 8 fully saturated rings. The van der Waals surface area contributed by atoms with E-state index in [1.807, 2.05) is 30.3 Å². The van der Waals surface area contributed by atoms with Crippen molar-refractivity contribution in [3.8, 4) is 0 Å². The van der Waals surface area contributed by atoms with Crippen LogP contribution in [0, 0.1) is 106 Å². The smallest absolute Gasteiger partial charge is 0.870 e. The van der Waals surface area contributed by atoms with Crippen molar-refractivity contribution < 1.29 is 54.7 Å². The molecule has 0 aromatic heterocycles. The average molecular weight is 1030 g/mol. The van der Waals surface area contributed by atoms with Crippen molar-refractivity contribution in [3.05, 3.63) is 35.9 Å². The van der Waals surface area contributed by atoms with Crippen molar-refractivity contribution in [1.29, 1.82) is 0 Å². The normalized spacial score (nSPS) is 40.1. The number of fused-ring (bicyclic) bond motifs is 10. The van der Waals surface area contributed by atoms with Crippen LogP contribution in [0.1, 0.15) is 241 Å². The number of hydrogen-bond acceptors (Lipinski definition) is 6. The van der Waals surface area contributed by atoms with Gasteiger partial charge in [-0.25, -0.2) is 4.79 Å². The van der Waals surface area contributed by atoms with E-state index in [1.54, 1.807) is 0 Å². The summed E-state index contributed by atoms with van der Waals surface area (Å²) in [5, 5.41) is 32.2. The molecule has 9 rings (SSSR count). The zero-order valence-electron chi connectivity index (χ0n) is 48.9. The van der Waals surface area contributed by atoms with Crippen LogP contribution in [-0.2, 0) is 4.74 Å². The maximum Gasteiger partial charge on any atom is 1.00 e. The molecule has 0 amide bonds. The van der Waals surface area contributed by atoms with Gasteiger partial charge in [0.15, 0.2) is 0 Å². The third-order valence-electron chi connectivity index (χ3n) is 23.6. The molecule has 8 saturated carbocycles. The van der Waals surface area contributed by atoms with E-state index in [-0.39, 0.29) is 66.6 Å². The van der Waals surface area contributed by atoms with Crippen LogP contribution in [0.5, 0.6) is 0 Å². The van der Waals surface area contributed by atoms with Crippen molar-refractivity contribution in [2.45, 2.75) is 261 Å². The van der Waals surface area contributed by atoms with Crippen LogP contribution in [0.3, 0.4) is 0 Å². The molecule has 420 valence electrons. The van der Waals surface area contributed by atoms with Gasteiger partial charge in [-0.15, -0.1) is 0 Å². The molecule has 0 bridgehead atoms. The fourth-order valence-corrected chi connectivity index (χ4v) is 19.4. The fourth-order valence-electron chi connectivity index (χ4n) is 19.4. The summed E-state index contributed by atoms with van der Waals surface area (Å²) < 4.78 is 6.03. The van der Waals surface area contributed by atoms with Gasteiger partial charge in [-0.2, -0.15) is 0 Å². The van der Waals surface area contributed by atoms with E-state index in [0.717, 1.165) is 135 Å². The summed E-state index contributed by atoms with van der Waals surface area (Å²) in [4.78, 5) is 12.8.